The molecule has 0 heterocycles. The third kappa shape index (κ3) is 9.30. The van der Waals surface area contributed by atoms with Crippen LogP contribution in [0.2, 0.25) is 0 Å². The van der Waals surface area contributed by atoms with E-state index in [4.69, 9.17) is 0 Å². The van der Waals surface area contributed by atoms with Gasteiger partial charge in [0.2, 0.25) is 0 Å². The summed E-state index contributed by atoms with van der Waals surface area (Å²) in [6.45, 7) is 11.7. The van der Waals surface area contributed by atoms with Crippen LogP contribution in [0.25, 0.3) is 0 Å². The largest absolute Gasteiger partial charge is 0.176 e. The molecule has 0 aliphatic rings. The van der Waals surface area contributed by atoms with Crippen LogP contribution in [-0.2, 0) is 0 Å². The number of thioether (sulfide) groups is 1. The summed E-state index contributed by atoms with van der Waals surface area (Å²) in [6.07, 6.45) is 6.23. The second kappa shape index (κ2) is 9.61. The molecule has 0 fully saturated rings. The molecule has 0 bridgehead atoms. The first kappa shape index (κ1) is 17.7. The van der Waals surface area contributed by atoms with E-state index in [1.54, 1.807) is 0 Å². The lowest BCUT2D eigenvalue weighted by molar-refractivity contribution is 0.277. The van der Waals surface area contributed by atoms with E-state index in [0.29, 0.717) is 5.25 Å². The van der Waals surface area contributed by atoms with Crippen molar-refractivity contribution in [2.45, 2.75) is 59.1 Å². The Kier molecular flexibility index (Phi) is 10.0. The monoisotopic (exact) mass is 276 g/mol. The van der Waals surface area contributed by atoms with Crippen molar-refractivity contribution in [2.75, 3.05) is 12.0 Å². The van der Waals surface area contributed by atoms with Crippen LogP contribution in [0.3, 0.4) is 0 Å². The highest BCUT2D eigenvalue weighted by Crippen LogP contribution is 2.30. The molecule has 0 aliphatic carbocycles. The normalized spacial score (nSPS) is 19.1. The van der Waals surface area contributed by atoms with Gasteiger partial charge in [0.1, 0.15) is 0 Å². The lowest BCUT2D eigenvalue weighted by Crippen LogP contribution is -2.18. The SMILES string of the molecule is CSCC(C)C(C)CC(CC(C)C)CC(C)S. The quantitative estimate of drug-likeness (QED) is 0.551. The van der Waals surface area contributed by atoms with Gasteiger partial charge in [-0.3, -0.25) is 0 Å². The average Bonchev–Trinajstić information content (AvgIpc) is 2.15. The van der Waals surface area contributed by atoms with E-state index in [9.17, 15) is 0 Å². The molecule has 0 aromatic heterocycles. The Bertz CT molecular complexity index is 168. The Morgan fingerprint density at radius 1 is 0.882 bits per heavy atom. The Labute approximate surface area is 119 Å². The zero-order valence-electron chi connectivity index (χ0n) is 12.6. The van der Waals surface area contributed by atoms with Gasteiger partial charge in [0.15, 0.2) is 0 Å². The topological polar surface area (TPSA) is 0 Å². The van der Waals surface area contributed by atoms with Gasteiger partial charge in [0.25, 0.3) is 0 Å². The van der Waals surface area contributed by atoms with E-state index < -0.39 is 0 Å². The first-order valence-corrected chi connectivity index (χ1v) is 8.94. The number of thiol groups is 1. The molecule has 0 nitrogen and oxygen atoms in total. The molecule has 4 atom stereocenters. The number of hydrogen-bond donors (Lipinski definition) is 1. The molecule has 0 aromatic rings. The van der Waals surface area contributed by atoms with Gasteiger partial charge in [-0.25, -0.2) is 0 Å². The fourth-order valence-electron chi connectivity index (χ4n) is 2.62. The van der Waals surface area contributed by atoms with Gasteiger partial charge in [-0.15, -0.1) is 0 Å². The molecular weight excluding hydrogens is 244 g/mol. The maximum atomic E-state index is 4.57. The van der Waals surface area contributed by atoms with Crippen LogP contribution >= 0.6 is 24.4 Å². The Morgan fingerprint density at radius 3 is 1.88 bits per heavy atom. The summed E-state index contributed by atoms with van der Waals surface area (Å²) in [5.41, 5.74) is 0. The van der Waals surface area contributed by atoms with Crippen molar-refractivity contribution in [1.29, 1.82) is 0 Å². The van der Waals surface area contributed by atoms with Crippen LogP contribution in [0.5, 0.6) is 0 Å². The lowest BCUT2D eigenvalue weighted by atomic mass is 9.82. The molecule has 0 amide bonds. The van der Waals surface area contributed by atoms with Crippen molar-refractivity contribution >= 4 is 24.4 Å². The van der Waals surface area contributed by atoms with Gasteiger partial charge in [-0.05, 0) is 60.2 Å². The Hall–Kier alpha value is 0.700. The van der Waals surface area contributed by atoms with Crippen LogP contribution < -0.4 is 0 Å². The van der Waals surface area contributed by atoms with Crippen LogP contribution in [0, 0.1) is 23.7 Å². The van der Waals surface area contributed by atoms with Gasteiger partial charge in [-0.2, -0.15) is 24.4 Å². The number of rotatable bonds is 9. The summed E-state index contributed by atoms with van der Waals surface area (Å²) >= 11 is 6.55. The smallest absolute Gasteiger partial charge is 0.000895 e. The van der Waals surface area contributed by atoms with E-state index in [2.05, 4.69) is 53.5 Å². The molecule has 0 radical (unpaired) electrons. The molecule has 0 aromatic carbocycles. The van der Waals surface area contributed by atoms with E-state index in [-0.39, 0.29) is 0 Å². The molecule has 4 unspecified atom stereocenters. The predicted octanol–water partition coefficient (Wildman–Crippen LogP) is 5.38. The van der Waals surface area contributed by atoms with Crippen molar-refractivity contribution in [1.82, 2.24) is 0 Å². The minimum Gasteiger partial charge on any atom is -0.176 e. The maximum absolute atomic E-state index is 4.57. The second-order valence-electron chi connectivity index (χ2n) is 6.23. The minimum atomic E-state index is 0.543. The average molecular weight is 277 g/mol. The van der Waals surface area contributed by atoms with Crippen LogP contribution in [0.4, 0.5) is 0 Å². The van der Waals surface area contributed by atoms with Crippen molar-refractivity contribution in [3.63, 3.8) is 0 Å². The summed E-state index contributed by atoms with van der Waals surface area (Å²) in [6, 6.07) is 0. The zero-order chi connectivity index (χ0) is 13.4. The highest BCUT2D eigenvalue weighted by atomic mass is 32.2. The summed E-state index contributed by atoms with van der Waals surface area (Å²) < 4.78 is 0. The minimum absolute atomic E-state index is 0.543. The van der Waals surface area contributed by atoms with Gasteiger partial charge in [0.05, 0.1) is 0 Å². The first-order valence-electron chi connectivity index (χ1n) is 7.03. The molecular formula is C15H32S2. The number of hydrogen-bond acceptors (Lipinski definition) is 2. The summed E-state index contributed by atoms with van der Waals surface area (Å²) in [7, 11) is 0. The highest BCUT2D eigenvalue weighted by molar-refractivity contribution is 7.98. The lowest BCUT2D eigenvalue weighted by Gasteiger charge is -2.27. The fraction of sp³-hybridized carbons (Fsp3) is 1.00. The van der Waals surface area contributed by atoms with Gasteiger partial charge < -0.3 is 0 Å². The fourth-order valence-corrected chi connectivity index (χ4v) is 3.78. The first-order chi connectivity index (χ1) is 7.86. The third-order valence-corrected chi connectivity index (χ3v) is 4.66. The van der Waals surface area contributed by atoms with E-state index >= 15 is 0 Å². The van der Waals surface area contributed by atoms with Gasteiger partial charge in [0, 0.05) is 0 Å². The van der Waals surface area contributed by atoms with Crippen LogP contribution in [0.1, 0.15) is 53.9 Å². The van der Waals surface area contributed by atoms with E-state index in [0.717, 1.165) is 23.7 Å². The molecule has 0 aliphatic heterocycles. The third-order valence-electron chi connectivity index (χ3n) is 3.59. The Balaban J connectivity index is 4.20. The second-order valence-corrected chi connectivity index (χ2v) is 8.02. The van der Waals surface area contributed by atoms with Crippen LogP contribution in [0.15, 0.2) is 0 Å². The van der Waals surface area contributed by atoms with E-state index in [1.165, 1.54) is 25.0 Å². The van der Waals surface area contributed by atoms with Gasteiger partial charge in [-0.1, -0.05) is 34.6 Å². The van der Waals surface area contributed by atoms with Crippen molar-refractivity contribution in [3.05, 3.63) is 0 Å². The Morgan fingerprint density at radius 2 is 1.47 bits per heavy atom. The molecule has 0 spiro atoms. The zero-order valence-corrected chi connectivity index (χ0v) is 14.3. The highest BCUT2D eigenvalue weighted by Gasteiger charge is 2.19. The predicted molar refractivity (Wildman–Crippen MR) is 87.3 cm³/mol. The van der Waals surface area contributed by atoms with Gasteiger partial charge >= 0.3 is 0 Å². The molecule has 0 N–H and O–H groups in total. The molecule has 0 saturated heterocycles. The molecule has 0 rings (SSSR count). The summed E-state index contributed by atoms with van der Waals surface area (Å²) in [5.74, 6) is 4.66. The van der Waals surface area contributed by atoms with E-state index in [1.807, 2.05) is 11.8 Å². The summed E-state index contributed by atoms with van der Waals surface area (Å²) in [5, 5.41) is 0.543. The molecule has 2 heteroatoms. The maximum Gasteiger partial charge on any atom is -0.000895 e. The molecule has 0 saturated carbocycles. The van der Waals surface area contributed by atoms with Crippen LogP contribution in [-0.4, -0.2) is 17.3 Å². The molecule has 104 valence electrons. The van der Waals surface area contributed by atoms with Crippen molar-refractivity contribution < 1.29 is 0 Å². The standard InChI is InChI=1S/C15H32S2/c1-11(2)7-15(9-14(5)16)8-12(3)13(4)10-17-6/h11-16H,7-10H2,1-6H3. The summed E-state index contributed by atoms with van der Waals surface area (Å²) in [4.78, 5) is 0. The molecule has 17 heavy (non-hydrogen) atoms. The van der Waals surface area contributed by atoms with Crippen molar-refractivity contribution in [3.8, 4) is 0 Å². The van der Waals surface area contributed by atoms with Crippen molar-refractivity contribution in [2.24, 2.45) is 23.7 Å².